The summed E-state index contributed by atoms with van der Waals surface area (Å²) in [5, 5.41) is 17.1. The second-order valence-corrected chi connectivity index (χ2v) is 4.98. The summed E-state index contributed by atoms with van der Waals surface area (Å²) in [6.45, 7) is 5.23. The lowest BCUT2D eigenvalue weighted by atomic mass is 10.4. The zero-order chi connectivity index (χ0) is 11.0. The lowest BCUT2D eigenvalue weighted by Crippen LogP contribution is -2.12. The molecule has 1 aliphatic rings. The molecule has 3 rings (SSSR count). The number of hydrogen-bond donors (Lipinski definition) is 1. The molecule has 0 atom stereocenters. The van der Waals surface area contributed by atoms with Crippen molar-refractivity contribution in [2.24, 2.45) is 0 Å². The first kappa shape index (κ1) is 9.92. The van der Waals surface area contributed by atoms with Crippen molar-refractivity contribution >= 4 is 16.3 Å². The molecule has 0 bridgehead atoms. The minimum absolute atomic E-state index is 0.589. The Kier molecular flexibility index (Phi) is 2.45. The fourth-order valence-corrected chi connectivity index (χ4v) is 2.43. The Hall–Kier alpha value is -1.27. The van der Waals surface area contributed by atoms with Crippen LogP contribution in [-0.2, 0) is 6.54 Å². The summed E-state index contributed by atoms with van der Waals surface area (Å²) in [7, 11) is 0. The second-order valence-electron chi connectivity index (χ2n) is 3.94. The summed E-state index contributed by atoms with van der Waals surface area (Å²) in [4.78, 5) is 0.900. The molecule has 16 heavy (non-hydrogen) atoms. The van der Waals surface area contributed by atoms with E-state index in [1.54, 1.807) is 11.3 Å². The number of aromatic nitrogens is 4. The van der Waals surface area contributed by atoms with E-state index < -0.39 is 0 Å². The van der Waals surface area contributed by atoms with E-state index in [1.165, 1.54) is 12.8 Å². The average Bonchev–Trinajstić information content (AvgIpc) is 2.91. The van der Waals surface area contributed by atoms with Gasteiger partial charge >= 0.3 is 0 Å². The zero-order valence-corrected chi connectivity index (χ0v) is 9.70. The highest BCUT2D eigenvalue weighted by Gasteiger charge is 2.29. The Morgan fingerprint density at radius 2 is 2.38 bits per heavy atom. The number of nitrogens with one attached hydrogen (secondary N) is 1. The molecule has 1 saturated carbocycles. The summed E-state index contributed by atoms with van der Waals surface area (Å²) in [5.74, 6) is 1.62. The minimum atomic E-state index is 0.589. The maximum Gasteiger partial charge on any atom is 0.234 e. The Labute approximate surface area is 97.2 Å². The van der Waals surface area contributed by atoms with Crippen LogP contribution < -0.4 is 5.32 Å². The van der Waals surface area contributed by atoms with Gasteiger partial charge in [-0.2, -0.15) is 9.61 Å². The van der Waals surface area contributed by atoms with Crippen LogP contribution in [0.5, 0.6) is 0 Å². The largest absolute Gasteiger partial charge is 0.307 e. The number of rotatable bonds is 5. The first-order chi connectivity index (χ1) is 7.88. The molecule has 1 aliphatic carbocycles. The van der Waals surface area contributed by atoms with Gasteiger partial charge in [0.1, 0.15) is 5.01 Å². The van der Waals surface area contributed by atoms with Gasteiger partial charge in [-0.05, 0) is 12.8 Å². The molecule has 84 valence electrons. The van der Waals surface area contributed by atoms with Crippen LogP contribution in [0, 0.1) is 0 Å². The van der Waals surface area contributed by atoms with E-state index in [9.17, 15) is 0 Å². The van der Waals surface area contributed by atoms with Gasteiger partial charge in [-0.25, -0.2) is 0 Å². The number of hydrogen-bond acceptors (Lipinski definition) is 5. The van der Waals surface area contributed by atoms with Crippen molar-refractivity contribution < 1.29 is 0 Å². The van der Waals surface area contributed by atoms with Crippen molar-refractivity contribution in [1.29, 1.82) is 0 Å². The predicted octanol–water partition coefficient (Wildman–Crippen LogP) is 1.34. The Balaban J connectivity index is 1.82. The number of nitrogens with zero attached hydrogens (tertiary/aromatic N) is 4. The summed E-state index contributed by atoms with van der Waals surface area (Å²) < 4.78 is 1.90. The fraction of sp³-hybridized carbons (Fsp3) is 0.500. The van der Waals surface area contributed by atoms with Gasteiger partial charge < -0.3 is 5.32 Å². The van der Waals surface area contributed by atoms with Gasteiger partial charge in [-0.1, -0.05) is 17.4 Å². The summed E-state index contributed by atoms with van der Waals surface area (Å²) in [5.41, 5.74) is 0. The lowest BCUT2D eigenvalue weighted by molar-refractivity contribution is 0.724. The molecule has 1 N–H and O–H groups in total. The highest BCUT2D eigenvalue weighted by atomic mass is 32.1. The molecule has 0 saturated heterocycles. The standard InChI is InChI=1S/C10H13N5S/c1-2-5-11-6-8-14-15-9(7-3-4-7)12-13-10(15)16-8/h2,7,11H,1,3-6H2. The molecule has 2 aromatic rings. The third-order valence-electron chi connectivity index (χ3n) is 2.56. The SMILES string of the molecule is C=CCNCc1nn2c(C3CC3)nnc2s1. The van der Waals surface area contributed by atoms with E-state index in [4.69, 9.17) is 0 Å². The molecule has 5 nitrogen and oxygen atoms in total. The van der Waals surface area contributed by atoms with Gasteiger partial charge in [-0.3, -0.25) is 0 Å². The maximum atomic E-state index is 4.52. The van der Waals surface area contributed by atoms with Gasteiger partial charge in [0.15, 0.2) is 5.82 Å². The topological polar surface area (TPSA) is 55.1 Å². The van der Waals surface area contributed by atoms with E-state index >= 15 is 0 Å². The van der Waals surface area contributed by atoms with Crippen molar-refractivity contribution in [1.82, 2.24) is 25.1 Å². The fourth-order valence-electron chi connectivity index (χ4n) is 1.62. The number of fused-ring (bicyclic) bond motifs is 1. The van der Waals surface area contributed by atoms with Crippen LogP contribution in [0.4, 0.5) is 0 Å². The minimum Gasteiger partial charge on any atom is -0.307 e. The van der Waals surface area contributed by atoms with Crippen LogP contribution in [0.3, 0.4) is 0 Å². The van der Waals surface area contributed by atoms with Gasteiger partial charge in [0, 0.05) is 19.0 Å². The van der Waals surface area contributed by atoms with Crippen LogP contribution in [0.2, 0.25) is 0 Å². The normalized spacial score (nSPS) is 15.8. The summed E-state index contributed by atoms with van der Waals surface area (Å²) in [6, 6.07) is 0. The van der Waals surface area contributed by atoms with Crippen molar-refractivity contribution in [3.05, 3.63) is 23.5 Å². The smallest absolute Gasteiger partial charge is 0.234 e. The van der Waals surface area contributed by atoms with E-state index in [0.29, 0.717) is 5.92 Å². The highest BCUT2D eigenvalue weighted by Crippen LogP contribution is 2.39. The quantitative estimate of drug-likeness (QED) is 0.627. The first-order valence-electron chi connectivity index (χ1n) is 5.41. The monoisotopic (exact) mass is 235 g/mol. The molecule has 0 aromatic carbocycles. The maximum absolute atomic E-state index is 4.52. The van der Waals surface area contributed by atoms with Gasteiger partial charge in [0.05, 0.1) is 0 Å². The van der Waals surface area contributed by atoms with Crippen molar-refractivity contribution in [3.8, 4) is 0 Å². The van der Waals surface area contributed by atoms with E-state index in [0.717, 1.165) is 28.9 Å². The lowest BCUT2D eigenvalue weighted by Gasteiger charge is -1.95. The van der Waals surface area contributed by atoms with E-state index in [1.807, 2.05) is 10.6 Å². The molecule has 2 aromatic heterocycles. The van der Waals surface area contributed by atoms with Crippen LogP contribution in [0.1, 0.15) is 29.6 Å². The van der Waals surface area contributed by atoms with Crippen molar-refractivity contribution in [3.63, 3.8) is 0 Å². The van der Waals surface area contributed by atoms with Crippen molar-refractivity contribution in [2.45, 2.75) is 25.3 Å². The molecule has 0 radical (unpaired) electrons. The molecular formula is C10H13N5S. The summed E-state index contributed by atoms with van der Waals surface area (Å²) >= 11 is 1.60. The van der Waals surface area contributed by atoms with E-state index in [-0.39, 0.29) is 0 Å². The molecule has 1 fully saturated rings. The van der Waals surface area contributed by atoms with E-state index in [2.05, 4.69) is 27.2 Å². The molecule has 6 heteroatoms. The van der Waals surface area contributed by atoms with Crippen LogP contribution in [0.15, 0.2) is 12.7 Å². The Morgan fingerprint density at radius 1 is 1.50 bits per heavy atom. The van der Waals surface area contributed by atoms with Gasteiger partial charge in [0.2, 0.25) is 4.96 Å². The Morgan fingerprint density at radius 3 is 3.12 bits per heavy atom. The molecule has 2 heterocycles. The van der Waals surface area contributed by atoms with Gasteiger partial charge in [0.25, 0.3) is 0 Å². The third-order valence-corrected chi connectivity index (χ3v) is 3.46. The summed E-state index contributed by atoms with van der Waals surface area (Å²) in [6.07, 6.45) is 4.29. The zero-order valence-electron chi connectivity index (χ0n) is 8.89. The molecule has 0 spiro atoms. The van der Waals surface area contributed by atoms with Crippen LogP contribution >= 0.6 is 11.3 Å². The average molecular weight is 235 g/mol. The molecule has 0 aliphatic heterocycles. The highest BCUT2D eigenvalue weighted by molar-refractivity contribution is 7.16. The van der Waals surface area contributed by atoms with Crippen molar-refractivity contribution in [2.75, 3.05) is 6.54 Å². The Bertz CT molecular complexity index is 510. The molecule has 0 amide bonds. The molecule has 0 unspecified atom stereocenters. The first-order valence-corrected chi connectivity index (χ1v) is 6.23. The second kappa shape index (κ2) is 3.95. The third kappa shape index (κ3) is 1.74. The molecular weight excluding hydrogens is 222 g/mol. The van der Waals surface area contributed by atoms with Gasteiger partial charge in [-0.15, -0.1) is 16.8 Å². The van der Waals surface area contributed by atoms with Crippen LogP contribution in [-0.4, -0.2) is 26.4 Å². The van der Waals surface area contributed by atoms with Crippen LogP contribution in [0.25, 0.3) is 4.96 Å². The predicted molar refractivity (Wildman–Crippen MR) is 62.5 cm³/mol.